The van der Waals surface area contributed by atoms with Crippen LogP contribution < -0.4 is 9.47 Å². The Kier molecular flexibility index (Phi) is 7.53. The molecule has 32 heavy (non-hydrogen) atoms. The number of aliphatic hydroxyl groups is 1. The molecule has 1 heterocycles. The highest BCUT2D eigenvalue weighted by Gasteiger charge is 2.46. The summed E-state index contributed by atoms with van der Waals surface area (Å²) in [6, 6.07) is 13.1. The first kappa shape index (κ1) is 23.3. The molecule has 1 saturated heterocycles. The van der Waals surface area contributed by atoms with Crippen LogP contribution in [0.4, 0.5) is 0 Å². The number of ether oxygens (including phenoxy) is 3. The van der Waals surface area contributed by atoms with Crippen molar-refractivity contribution in [1.29, 1.82) is 0 Å². The number of amides is 1. The van der Waals surface area contributed by atoms with E-state index in [2.05, 4.69) is 0 Å². The van der Waals surface area contributed by atoms with Crippen LogP contribution in [-0.4, -0.2) is 55.2 Å². The second-order valence-corrected chi connectivity index (χ2v) is 7.74. The molecular weight excluding hydrogens is 410 g/mol. The minimum Gasteiger partial charge on any atom is -0.507 e. The standard InChI is InChI=1S/C25H29NO6/c1-16(2)32-14-8-13-26-22(19-11-5-6-12-20(19)31-4)21(24(28)25(26)29)23(27)17-9-7-10-18(15-17)30-3/h5-7,9-12,15-16,22,27H,8,13-14H2,1-4H3/b23-21-. The van der Waals surface area contributed by atoms with E-state index >= 15 is 0 Å². The quantitative estimate of drug-likeness (QED) is 0.276. The molecule has 1 aliphatic heterocycles. The molecule has 0 saturated carbocycles. The van der Waals surface area contributed by atoms with Gasteiger partial charge in [0.15, 0.2) is 0 Å². The molecule has 1 atom stereocenters. The molecule has 2 aromatic carbocycles. The van der Waals surface area contributed by atoms with E-state index in [0.717, 1.165) is 0 Å². The Morgan fingerprint density at radius 3 is 2.50 bits per heavy atom. The van der Waals surface area contributed by atoms with E-state index in [1.807, 2.05) is 26.0 Å². The highest BCUT2D eigenvalue weighted by atomic mass is 16.5. The van der Waals surface area contributed by atoms with E-state index in [9.17, 15) is 14.7 Å². The van der Waals surface area contributed by atoms with Gasteiger partial charge in [-0.3, -0.25) is 9.59 Å². The number of hydrogen-bond donors (Lipinski definition) is 1. The Morgan fingerprint density at radius 2 is 1.81 bits per heavy atom. The van der Waals surface area contributed by atoms with Crippen LogP contribution in [0.1, 0.15) is 37.4 Å². The van der Waals surface area contributed by atoms with Gasteiger partial charge >= 0.3 is 0 Å². The molecule has 1 N–H and O–H groups in total. The molecule has 1 amide bonds. The third kappa shape index (κ3) is 4.78. The Morgan fingerprint density at radius 1 is 1.06 bits per heavy atom. The van der Waals surface area contributed by atoms with Crippen LogP contribution >= 0.6 is 0 Å². The summed E-state index contributed by atoms with van der Waals surface area (Å²) in [7, 11) is 3.05. The Balaban J connectivity index is 2.09. The first-order valence-electron chi connectivity index (χ1n) is 10.6. The number of rotatable bonds is 9. The molecule has 7 heteroatoms. The highest BCUT2D eigenvalue weighted by molar-refractivity contribution is 6.46. The number of carbonyl (C=O) groups excluding carboxylic acids is 2. The van der Waals surface area contributed by atoms with Gasteiger partial charge in [0.25, 0.3) is 11.7 Å². The SMILES string of the molecule is COc1cccc(/C(O)=C2/C(=O)C(=O)N(CCCOC(C)C)C2c2ccccc2OC)c1. The Bertz CT molecular complexity index is 1010. The maximum Gasteiger partial charge on any atom is 0.295 e. The number of benzene rings is 2. The van der Waals surface area contributed by atoms with Crippen molar-refractivity contribution in [3.8, 4) is 11.5 Å². The van der Waals surface area contributed by atoms with Gasteiger partial charge in [0.05, 0.1) is 31.9 Å². The fourth-order valence-electron chi connectivity index (χ4n) is 3.81. The zero-order valence-electron chi connectivity index (χ0n) is 18.8. The molecule has 0 aromatic heterocycles. The summed E-state index contributed by atoms with van der Waals surface area (Å²) in [6.07, 6.45) is 0.624. The number of Topliss-reactive ketones (excluding diaryl/α,β-unsaturated/α-hetero) is 1. The second-order valence-electron chi connectivity index (χ2n) is 7.74. The monoisotopic (exact) mass is 439 g/mol. The Hall–Kier alpha value is -3.32. The van der Waals surface area contributed by atoms with Gasteiger partial charge in [-0.15, -0.1) is 0 Å². The summed E-state index contributed by atoms with van der Waals surface area (Å²) in [4.78, 5) is 27.6. The minimum atomic E-state index is -0.781. The van der Waals surface area contributed by atoms with Crippen LogP contribution in [0.15, 0.2) is 54.1 Å². The average Bonchev–Trinajstić information content (AvgIpc) is 3.05. The number of ketones is 1. The molecule has 1 aliphatic rings. The molecule has 0 bridgehead atoms. The van der Waals surface area contributed by atoms with Gasteiger partial charge in [-0.2, -0.15) is 0 Å². The summed E-state index contributed by atoms with van der Waals surface area (Å²) in [5, 5.41) is 11.1. The van der Waals surface area contributed by atoms with E-state index in [-0.39, 0.29) is 17.4 Å². The number of para-hydroxylation sites is 1. The van der Waals surface area contributed by atoms with Gasteiger partial charge in [0.2, 0.25) is 0 Å². The third-order valence-corrected chi connectivity index (χ3v) is 5.31. The highest BCUT2D eigenvalue weighted by Crippen LogP contribution is 2.42. The van der Waals surface area contributed by atoms with Crippen molar-refractivity contribution in [2.24, 2.45) is 0 Å². The number of nitrogens with zero attached hydrogens (tertiary/aromatic N) is 1. The number of likely N-dealkylation sites (tertiary alicyclic amines) is 1. The van der Waals surface area contributed by atoms with Gasteiger partial charge in [0, 0.05) is 24.3 Å². The summed E-state index contributed by atoms with van der Waals surface area (Å²) in [6.45, 7) is 4.63. The van der Waals surface area contributed by atoms with Crippen molar-refractivity contribution in [2.45, 2.75) is 32.4 Å². The van der Waals surface area contributed by atoms with Crippen molar-refractivity contribution >= 4 is 17.4 Å². The predicted molar refractivity (Wildman–Crippen MR) is 121 cm³/mol. The fourth-order valence-corrected chi connectivity index (χ4v) is 3.81. The Labute approximate surface area is 188 Å². The maximum atomic E-state index is 13.1. The molecule has 2 aromatic rings. The van der Waals surface area contributed by atoms with Gasteiger partial charge in [-0.1, -0.05) is 30.3 Å². The first-order chi connectivity index (χ1) is 15.4. The maximum absolute atomic E-state index is 13.1. The number of carbonyl (C=O) groups is 2. The number of methoxy groups -OCH3 is 2. The van der Waals surface area contributed by atoms with Gasteiger partial charge in [0.1, 0.15) is 17.3 Å². The molecule has 3 rings (SSSR count). The molecule has 0 spiro atoms. The van der Waals surface area contributed by atoms with E-state index in [0.29, 0.717) is 42.2 Å². The van der Waals surface area contributed by atoms with Crippen molar-refractivity contribution in [1.82, 2.24) is 4.90 Å². The molecule has 7 nitrogen and oxygen atoms in total. The van der Waals surface area contributed by atoms with Crippen LogP contribution in [0.25, 0.3) is 5.76 Å². The predicted octanol–water partition coefficient (Wildman–Crippen LogP) is 3.94. The summed E-state index contributed by atoms with van der Waals surface area (Å²) in [5.41, 5.74) is 1.05. The van der Waals surface area contributed by atoms with Gasteiger partial charge in [-0.05, 0) is 38.5 Å². The van der Waals surface area contributed by atoms with Crippen molar-refractivity contribution in [3.05, 3.63) is 65.2 Å². The smallest absolute Gasteiger partial charge is 0.295 e. The van der Waals surface area contributed by atoms with E-state index in [1.54, 1.807) is 36.4 Å². The molecule has 1 fully saturated rings. The zero-order chi connectivity index (χ0) is 23.3. The number of aliphatic hydroxyl groups excluding tert-OH is 1. The molecule has 1 unspecified atom stereocenters. The van der Waals surface area contributed by atoms with Crippen LogP contribution in [0.2, 0.25) is 0 Å². The van der Waals surface area contributed by atoms with E-state index in [4.69, 9.17) is 14.2 Å². The van der Waals surface area contributed by atoms with Crippen molar-refractivity contribution in [3.63, 3.8) is 0 Å². The van der Waals surface area contributed by atoms with Crippen molar-refractivity contribution < 1.29 is 28.9 Å². The number of hydrogen-bond acceptors (Lipinski definition) is 6. The second kappa shape index (κ2) is 10.3. The first-order valence-corrected chi connectivity index (χ1v) is 10.6. The third-order valence-electron chi connectivity index (χ3n) is 5.31. The zero-order valence-corrected chi connectivity index (χ0v) is 18.8. The lowest BCUT2D eigenvalue weighted by atomic mass is 9.94. The lowest BCUT2D eigenvalue weighted by Gasteiger charge is -2.26. The summed E-state index contributed by atoms with van der Waals surface area (Å²) >= 11 is 0. The molecule has 0 aliphatic carbocycles. The minimum absolute atomic E-state index is 0.0255. The largest absolute Gasteiger partial charge is 0.507 e. The lowest BCUT2D eigenvalue weighted by Crippen LogP contribution is -2.31. The van der Waals surface area contributed by atoms with E-state index < -0.39 is 17.7 Å². The van der Waals surface area contributed by atoms with Crippen LogP contribution in [0.3, 0.4) is 0 Å². The molecular formula is C25H29NO6. The van der Waals surface area contributed by atoms with Crippen LogP contribution in [0.5, 0.6) is 11.5 Å². The summed E-state index contributed by atoms with van der Waals surface area (Å²) in [5.74, 6) is -0.581. The van der Waals surface area contributed by atoms with E-state index in [1.165, 1.54) is 19.1 Å². The van der Waals surface area contributed by atoms with Crippen molar-refractivity contribution in [2.75, 3.05) is 27.4 Å². The molecule has 170 valence electrons. The van der Waals surface area contributed by atoms with Crippen LogP contribution in [0, 0.1) is 0 Å². The van der Waals surface area contributed by atoms with Gasteiger partial charge < -0.3 is 24.2 Å². The van der Waals surface area contributed by atoms with Gasteiger partial charge in [-0.25, -0.2) is 0 Å². The lowest BCUT2D eigenvalue weighted by molar-refractivity contribution is -0.140. The fraction of sp³-hybridized carbons (Fsp3) is 0.360. The summed E-state index contributed by atoms with van der Waals surface area (Å²) < 4.78 is 16.3. The molecule has 0 radical (unpaired) electrons. The van der Waals surface area contributed by atoms with Crippen LogP contribution in [-0.2, 0) is 14.3 Å². The normalized spacial score (nSPS) is 17.8. The average molecular weight is 440 g/mol. The topological polar surface area (TPSA) is 85.3 Å².